The molecule has 0 spiro atoms. The van der Waals surface area contributed by atoms with Crippen LogP contribution in [0.15, 0.2) is 29.3 Å². The monoisotopic (exact) mass is 227 g/mol. The number of anilines is 1. The van der Waals surface area contributed by atoms with Crippen LogP contribution in [-0.2, 0) is 6.54 Å². The second kappa shape index (κ2) is 3.57. The Bertz CT molecular complexity index is 468. The Morgan fingerprint density at radius 2 is 2.12 bits per heavy atom. The first-order valence-corrected chi connectivity index (χ1v) is 6.54. The van der Waals surface area contributed by atoms with E-state index in [0.29, 0.717) is 12.1 Å². The van der Waals surface area contributed by atoms with Crippen molar-refractivity contribution in [3.8, 4) is 0 Å². The van der Waals surface area contributed by atoms with Crippen molar-refractivity contribution in [2.75, 3.05) is 18.0 Å². The molecule has 0 bridgehead atoms. The van der Waals surface area contributed by atoms with Gasteiger partial charge < -0.3 is 4.90 Å². The summed E-state index contributed by atoms with van der Waals surface area (Å²) < 4.78 is 0. The van der Waals surface area contributed by atoms with Crippen molar-refractivity contribution in [3.63, 3.8) is 0 Å². The lowest BCUT2D eigenvalue weighted by molar-refractivity contribution is 0.229. The summed E-state index contributed by atoms with van der Waals surface area (Å²) in [6.07, 6.45) is 4.72. The topological polar surface area (TPSA) is 18.8 Å². The fourth-order valence-electron chi connectivity index (χ4n) is 3.56. The molecule has 17 heavy (non-hydrogen) atoms. The third-order valence-corrected chi connectivity index (χ3v) is 4.36. The summed E-state index contributed by atoms with van der Waals surface area (Å²) in [5.41, 5.74) is 2.82. The molecule has 88 valence electrons. The molecule has 0 aliphatic carbocycles. The van der Waals surface area contributed by atoms with Crippen molar-refractivity contribution in [1.29, 1.82) is 0 Å². The Labute approximate surface area is 102 Å². The summed E-state index contributed by atoms with van der Waals surface area (Å²) in [5.74, 6) is 0. The predicted molar refractivity (Wildman–Crippen MR) is 69.5 cm³/mol. The van der Waals surface area contributed by atoms with Gasteiger partial charge in [0.25, 0.3) is 0 Å². The smallest absolute Gasteiger partial charge is 0.0899 e. The molecule has 2 unspecified atom stereocenters. The van der Waals surface area contributed by atoms with E-state index in [-0.39, 0.29) is 0 Å². The van der Waals surface area contributed by atoms with Crippen LogP contribution < -0.4 is 4.90 Å². The van der Waals surface area contributed by atoms with Crippen LogP contribution in [0.2, 0.25) is 0 Å². The van der Waals surface area contributed by atoms with Crippen molar-refractivity contribution in [1.82, 2.24) is 4.90 Å². The number of aliphatic imine (C=N–C) groups is 1. The Balaban J connectivity index is 1.84. The third kappa shape index (κ3) is 1.35. The highest BCUT2D eigenvalue weighted by Gasteiger charge is 2.39. The molecule has 3 aliphatic rings. The molecule has 3 aliphatic heterocycles. The second-order valence-electron chi connectivity index (χ2n) is 5.26. The molecule has 0 radical (unpaired) electrons. The Morgan fingerprint density at radius 3 is 3.12 bits per heavy atom. The van der Waals surface area contributed by atoms with E-state index in [0.717, 1.165) is 13.1 Å². The van der Waals surface area contributed by atoms with Gasteiger partial charge >= 0.3 is 0 Å². The number of hydrogen-bond acceptors (Lipinski definition) is 3. The van der Waals surface area contributed by atoms with E-state index >= 15 is 0 Å². The van der Waals surface area contributed by atoms with Crippen LogP contribution in [0.3, 0.4) is 0 Å². The standard InChI is InChI=1S/C14H17N3/c1-2-5-12-11(4-1)9-16-7-3-6-13(16)14-8-15-10-17(12)14/h1-2,4-5,10,13-14H,3,6-9H2. The summed E-state index contributed by atoms with van der Waals surface area (Å²) in [6.45, 7) is 3.33. The molecule has 3 heteroatoms. The van der Waals surface area contributed by atoms with Crippen molar-refractivity contribution in [3.05, 3.63) is 29.8 Å². The molecule has 2 atom stereocenters. The van der Waals surface area contributed by atoms with E-state index in [4.69, 9.17) is 0 Å². The van der Waals surface area contributed by atoms with Crippen LogP contribution in [0.25, 0.3) is 0 Å². The first-order valence-electron chi connectivity index (χ1n) is 6.54. The molecular formula is C14H17N3. The fourth-order valence-corrected chi connectivity index (χ4v) is 3.56. The molecule has 1 aromatic carbocycles. The minimum atomic E-state index is 0.571. The Kier molecular flexibility index (Phi) is 2.03. The van der Waals surface area contributed by atoms with Crippen LogP contribution in [0.5, 0.6) is 0 Å². The van der Waals surface area contributed by atoms with Gasteiger partial charge in [0.05, 0.1) is 18.9 Å². The Morgan fingerprint density at radius 1 is 1.18 bits per heavy atom. The molecule has 0 amide bonds. The SMILES string of the molecule is C1=NCC2C3CCCN3Cc3ccccc3N12. The molecule has 0 N–H and O–H groups in total. The van der Waals surface area contributed by atoms with Gasteiger partial charge in [-0.1, -0.05) is 18.2 Å². The molecule has 1 aromatic rings. The lowest BCUT2D eigenvalue weighted by Gasteiger charge is -2.30. The van der Waals surface area contributed by atoms with E-state index in [1.807, 2.05) is 6.34 Å². The van der Waals surface area contributed by atoms with Crippen molar-refractivity contribution < 1.29 is 0 Å². The van der Waals surface area contributed by atoms with E-state index in [1.54, 1.807) is 0 Å². The summed E-state index contributed by atoms with van der Waals surface area (Å²) in [4.78, 5) is 9.56. The third-order valence-electron chi connectivity index (χ3n) is 4.36. The number of rotatable bonds is 0. The highest BCUT2D eigenvalue weighted by molar-refractivity contribution is 5.84. The molecular weight excluding hydrogens is 210 g/mol. The fraction of sp³-hybridized carbons (Fsp3) is 0.500. The van der Waals surface area contributed by atoms with Gasteiger partial charge in [0, 0.05) is 18.3 Å². The van der Waals surface area contributed by atoms with Crippen LogP contribution in [-0.4, -0.2) is 36.4 Å². The number of fused-ring (bicyclic) bond motifs is 5. The zero-order valence-corrected chi connectivity index (χ0v) is 9.92. The zero-order chi connectivity index (χ0) is 11.2. The molecule has 0 saturated carbocycles. The van der Waals surface area contributed by atoms with Gasteiger partial charge in [-0.25, -0.2) is 0 Å². The first-order chi connectivity index (χ1) is 8.43. The number of benzene rings is 1. The zero-order valence-electron chi connectivity index (χ0n) is 9.92. The van der Waals surface area contributed by atoms with E-state index in [9.17, 15) is 0 Å². The van der Waals surface area contributed by atoms with Gasteiger partial charge in [-0.15, -0.1) is 0 Å². The number of hydrogen-bond donors (Lipinski definition) is 0. The van der Waals surface area contributed by atoms with Gasteiger partial charge in [0.2, 0.25) is 0 Å². The van der Waals surface area contributed by atoms with Crippen molar-refractivity contribution >= 4 is 12.0 Å². The summed E-state index contributed by atoms with van der Waals surface area (Å²) in [7, 11) is 0. The normalized spacial score (nSPS) is 30.9. The largest absolute Gasteiger partial charge is 0.326 e. The second-order valence-corrected chi connectivity index (χ2v) is 5.26. The van der Waals surface area contributed by atoms with Crippen molar-refractivity contribution in [2.24, 2.45) is 4.99 Å². The van der Waals surface area contributed by atoms with Crippen LogP contribution in [0, 0.1) is 0 Å². The molecule has 1 saturated heterocycles. The molecule has 4 rings (SSSR count). The molecule has 3 nitrogen and oxygen atoms in total. The lowest BCUT2D eigenvalue weighted by Crippen LogP contribution is -2.45. The highest BCUT2D eigenvalue weighted by atomic mass is 15.3. The lowest BCUT2D eigenvalue weighted by atomic mass is 10.1. The summed E-state index contributed by atoms with van der Waals surface area (Å²) in [5, 5.41) is 0. The van der Waals surface area contributed by atoms with Gasteiger partial charge in [0.1, 0.15) is 0 Å². The quantitative estimate of drug-likeness (QED) is 0.674. The molecule has 0 aromatic heterocycles. The molecule has 3 heterocycles. The average Bonchev–Trinajstić information content (AvgIpc) is 2.96. The summed E-state index contributed by atoms with van der Waals surface area (Å²) >= 11 is 0. The number of nitrogens with zero attached hydrogens (tertiary/aromatic N) is 3. The predicted octanol–water partition coefficient (Wildman–Crippen LogP) is 1.88. The van der Waals surface area contributed by atoms with Crippen LogP contribution in [0.1, 0.15) is 18.4 Å². The van der Waals surface area contributed by atoms with E-state index in [1.165, 1.54) is 30.6 Å². The molecule has 1 fully saturated rings. The van der Waals surface area contributed by atoms with E-state index < -0.39 is 0 Å². The Hall–Kier alpha value is -1.35. The highest BCUT2D eigenvalue weighted by Crippen LogP contribution is 2.35. The van der Waals surface area contributed by atoms with Gasteiger partial charge in [-0.2, -0.15) is 0 Å². The van der Waals surface area contributed by atoms with Crippen molar-refractivity contribution in [2.45, 2.75) is 31.5 Å². The maximum atomic E-state index is 4.50. The first kappa shape index (κ1) is 9.66. The summed E-state index contributed by atoms with van der Waals surface area (Å²) in [6, 6.07) is 10.1. The maximum absolute atomic E-state index is 4.50. The average molecular weight is 227 g/mol. The van der Waals surface area contributed by atoms with Crippen LogP contribution >= 0.6 is 0 Å². The van der Waals surface area contributed by atoms with Gasteiger partial charge in [-0.05, 0) is 31.0 Å². The number of para-hydroxylation sites is 1. The van der Waals surface area contributed by atoms with Crippen LogP contribution in [0.4, 0.5) is 5.69 Å². The minimum Gasteiger partial charge on any atom is -0.326 e. The maximum Gasteiger partial charge on any atom is 0.0899 e. The van der Waals surface area contributed by atoms with Gasteiger partial charge in [-0.3, -0.25) is 9.89 Å². The minimum absolute atomic E-state index is 0.571. The van der Waals surface area contributed by atoms with Gasteiger partial charge in [0.15, 0.2) is 0 Å². The van der Waals surface area contributed by atoms with E-state index in [2.05, 4.69) is 39.1 Å².